The van der Waals surface area contributed by atoms with Crippen LogP contribution in [0.3, 0.4) is 0 Å². The highest BCUT2D eigenvalue weighted by Crippen LogP contribution is 2.45. The monoisotopic (exact) mass is 440 g/mol. The lowest BCUT2D eigenvalue weighted by Gasteiger charge is -2.47. The molecule has 168 valence electrons. The van der Waals surface area contributed by atoms with Crippen molar-refractivity contribution < 1.29 is 0 Å². The molecule has 0 spiro atoms. The minimum Gasteiger partial charge on any atom is -0.0648 e. The third-order valence-electron chi connectivity index (χ3n) is 8.57. The minimum absolute atomic E-state index is 0.726. The molecule has 0 radical (unpaired) electrons. The SMILES string of the molecule is CC(C)[Si](c1cccc2cccc([Si](C(C)C)(C(C)C)C(C)C)c12)(C(C)C)C(C)C. The second-order valence-electron chi connectivity index (χ2n) is 11.5. The van der Waals surface area contributed by atoms with Crippen LogP contribution in [0.4, 0.5) is 0 Å². The first-order chi connectivity index (χ1) is 13.9. The van der Waals surface area contributed by atoms with Crippen molar-refractivity contribution in [1.29, 1.82) is 0 Å². The van der Waals surface area contributed by atoms with Crippen molar-refractivity contribution in [3.8, 4) is 0 Å². The molecule has 2 rings (SSSR count). The molecular weight excluding hydrogens is 392 g/mol. The standard InChI is InChI=1S/C28H48Si2/c1-19(2)29(20(3)4,21(5)6)26-17-13-15-25-16-14-18-27(28(25)26)30(22(7)8,23(9)10)24(11)12/h13-24H,1-12H3. The molecule has 0 atom stereocenters. The van der Waals surface area contributed by atoms with Gasteiger partial charge in [0.25, 0.3) is 0 Å². The van der Waals surface area contributed by atoms with Gasteiger partial charge in [-0.15, -0.1) is 0 Å². The average molecular weight is 441 g/mol. The Hall–Kier alpha value is -0.866. The van der Waals surface area contributed by atoms with Gasteiger partial charge in [0.2, 0.25) is 0 Å². The molecule has 2 heteroatoms. The highest BCUT2D eigenvalue weighted by molar-refractivity contribution is 7.00. The van der Waals surface area contributed by atoms with Gasteiger partial charge in [0.15, 0.2) is 0 Å². The van der Waals surface area contributed by atoms with E-state index in [-0.39, 0.29) is 0 Å². The van der Waals surface area contributed by atoms with Crippen molar-refractivity contribution in [2.75, 3.05) is 0 Å². The van der Waals surface area contributed by atoms with E-state index in [1.807, 2.05) is 0 Å². The van der Waals surface area contributed by atoms with Crippen LogP contribution in [-0.4, -0.2) is 16.1 Å². The molecule has 0 heterocycles. The van der Waals surface area contributed by atoms with E-state index < -0.39 is 16.1 Å². The van der Waals surface area contributed by atoms with Crippen molar-refractivity contribution in [2.24, 2.45) is 0 Å². The van der Waals surface area contributed by atoms with E-state index in [0.29, 0.717) is 0 Å². The van der Waals surface area contributed by atoms with Gasteiger partial charge in [0.1, 0.15) is 0 Å². The first kappa shape index (κ1) is 25.4. The lowest BCUT2D eigenvalue weighted by Crippen LogP contribution is -2.60. The molecule has 0 nitrogen and oxygen atoms in total. The predicted molar refractivity (Wildman–Crippen MR) is 145 cm³/mol. The van der Waals surface area contributed by atoms with E-state index in [0.717, 1.165) is 33.2 Å². The molecule has 0 bridgehead atoms. The molecule has 0 fully saturated rings. The van der Waals surface area contributed by atoms with Crippen LogP contribution in [0, 0.1) is 0 Å². The van der Waals surface area contributed by atoms with E-state index >= 15 is 0 Å². The van der Waals surface area contributed by atoms with Crippen LogP contribution in [0.25, 0.3) is 10.8 Å². The van der Waals surface area contributed by atoms with E-state index in [2.05, 4.69) is 119 Å². The van der Waals surface area contributed by atoms with Gasteiger partial charge >= 0.3 is 0 Å². The zero-order valence-corrected chi connectivity index (χ0v) is 23.9. The van der Waals surface area contributed by atoms with Gasteiger partial charge < -0.3 is 0 Å². The third kappa shape index (κ3) is 3.66. The first-order valence-corrected chi connectivity index (χ1v) is 16.9. The summed E-state index contributed by atoms with van der Waals surface area (Å²) >= 11 is 0. The van der Waals surface area contributed by atoms with Crippen LogP contribution in [0.15, 0.2) is 36.4 Å². The molecule has 0 aliphatic rings. The zero-order valence-electron chi connectivity index (χ0n) is 21.9. The summed E-state index contributed by atoms with van der Waals surface area (Å²) in [5.74, 6) is 0. The molecule has 0 saturated carbocycles. The number of rotatable bonds is 8. The Morgan fingerprint density at radius 3 is 0.933 bits per heavy atom. The predicted octanol–water partition coefficient (Wildman–Crippen LogP) is 8.61. The van der Waals surface area contributed by atoms with E-state index in [1.165, 1.54) is 5.39 Å². The highest BCUT2D eigenvalue weighted by atomic mass is 28.3. The summed E-state index contributed by atoms with van der Waals surface area (Å²) in [5, 5.41) is 6.62. The summed E-state index contributed by atoms with van der Waals surface area (Å²) in [6, 6.07) is 14.5. The van der Waals surface area contributed by atoms with Gasteiger partial charge in [-0.05, 0) is 44.0 Å². The molecule has 0 unspecified atom stereocenters. The fourth-order valence-electron chi connectivity index (χ4n) is 7.93. The molecule has 0 saturated heterocycles. The normalized spacial score (nSPS) is 13.8. The number of fused-ring (bicyclic) bond motifs is 1. The van der Waals surface area contributed by atoms with Crippen LogP contribution in [-0.2, 0) is 0 Å². The van der Waals surface area contributed by atoms with Crippen LogP contribution in [0.1, 0.15) is 83.1 Å². The van der Waals surface area contributed by atoms with Crippen molar-refractivity contribution in [2.45, 2.75) is 116 Å². The van der Waals surface area contributed by atoms with Crippen molar-refractivity contribution in [1.82, 2.24) is 0 Å². The highest BCUT2D eigenvalue weighted by Gasteiger charge is 2.49. The molecule has 2 aromatic carbocycles. The smallest absolute Gasteiger partial charge is 0.0648 e. The molecule has 0 N–H and O–H groups in total. The van der Waals surface area contributed by atoms with Gasteiger partial charge in [-0.1, -0.05) is 130 Å². The number of benzene rings is 2. The largest absolute Gasteiger partial charge is 0.0950 e. The molecule has 0 aromatic heterocycles. The summed E-state index contributed by atoms with van der Waals surface area (Å²) in [7, 11) is -3.52. The number of hydrogen-bond acceptors (Lipinski definition) is 0. The third-order valence-corrected chi connectivity index (χ3v) is 22.7. The quantitative estimate of drug-likeness (QED) is 0.360. The molecule has 2 aromatic rings. The summed E-state index contributed by atoms with van der Waals surface area (Å²) in [4.78, 5) is 0. The molecule has 30 heavy (non-hydrogen) atoms. The Bertz CT molecular complexity index is 733. The van der Waals surface area contributed by atoms with Crippen LogP contribution >= 0.6 is 0 Å². The first-order valence-electron chi connectivity index (χ1n) is 12.4. The van der Waals surface area contributed by atoms with Crippen molar-refractivity contribution >= 4 is 37.3 Å². The van der Waals surface area contributed by atoms with E-state index in [9.17, 15) is 0 Å². The second kappa shape index (κ2) is 9.32. The Labute approximate surface area is 189 Å². The Morgan fingerprint density at radius 1 is 0.433 bits per heavy atom. The Balaban J connectivity index is 3.14. The van der Waals surface area contributed by atoms with Crippen LogP contribution in [0.2, 0.25) is 33.2 Å². The van der Waals surface area contributed by atoms with E-state index in [1.54, 1.807) is 15.8 Å². The van der Waals surface area contributed by atoms with Gasteiger partial charge in [0.05, 0.1) is 16.1 Å². The maximum absolute atomic E-state index is 2.54. The summed E-state index contributed by atoms with van der Waals surface area (Å²) in [6.45, 7) is 30.1. The van der Waals surface area contributed by atoms with Crippen molar-refractivity contribution in [3.05, 3.63) is 36.4 Å². The second-order valence-corrected chi connectivity index (χ2v) is 23.2. The van der Waals surface area contributed by atoms with Crippen LogP contribution < -0.4 is 10.4 Å². The minimum atomic E-state index is -1.76. The lowest BCUT2D eigenvalue weighted by atomic mass is 10.1. The lowest BCUT2D eigenvalue weighted by molar-refractivity contribution is 0.834. The summed E-state index contributed by atoms with van der Waals surface area (Å²) in [6.07, 6.45) is 0. The van der Waals surface area contributed by atoms with Gasteiger partial charge in [0, 0.05) is 0 Å². The fraction of sp³-hybridized carbons (Fsp3) is 0.643. The molecule has 0 aliphatic carbocycles. The van der Waals surface area contributed by atoms with E-state index in [4.69, 9.17) is 0 Å². The average Bonchev–Trinajstić information content (AvgIpc) is 2.61. The Morgan fingerprint density at radius 2 is 0.700 bits per heavy atom. The van der Waals surface area contributed by atoms with Crippen LogP contribution in [0.5, 0.6) is 0 Å². The maximum Gasteiger partial charge on any atom is 0.0950 e. The summed E-state index contributed by atoms with van der Waals surface area (Å²) in [5.41, 5.74) is 4.36. The topological polar surface area (TPSA) is 0 Å². The summed E-state index contributed by atoms with van der Waals surface area (Å²) < 4.78 is 0. The molecule has 0 aliphatic heterocycles. The van der Waals surface area contributed by atoms with Crippen molar-refractivity contribution in [3.63, 3.8) is 0 Å². The Kier molecular flexibility index (Phi) is 7.89. The molecule has 0 amide bonds. The van der Waals surface area contributed by atoms with Gasteiger partial charge in [-0.25, -0.2) is 0 Å². The number of hydrogen-bond donors (Lipinski definition) is 0. The zero-order chi connectivity index (χ0) is 23.0. The fourth-order valence-corrected chi connectivity index (χ4v) is 22.0. The van der Waals surface area contributed by atoms with Gasteiger partial charge in [-0.2, -0.15) is 0 Å². The molecular formula is C28H48Si2. The van der Waals surface area contributed by atoms with Gasteiger partial charge in [-0.3, -0.25) is 0 Å². The maximum atomic E-state index is 2.54.